The molecule has 1 aromatic rings. The summed E-state index contributed by atoms with van der Waals surface area (Å²) in [6, 6.07) is 2.95. The van der Waals surface area contributed by atoms with Crippen LogP contribution in [0.5, 0.6) is 5.75 Å². The van der Waals surface area contributed by atoms with Crippen LogP contribution < -0.4 is 5.43 Å². The molecule has 0 amide bonds. The molecule has 3 nitrogen and oxygen atoms in total. The Labute approximate surface area is 91.3 Å². The number of rotatable bonds is 1. The van der Waals surface area contributed by atoms with Crippen LogP contribution in [0.4, 0.5) is 0 Å². The minimum absolute atomic E-state index is 0.190. The van der Waals surface area contributed by atoms with Gasteiger partial charge in [0, 0.05) is 0 Å². The minimum atomic E-state index is -0.508. The van der Waals surface area contributed by atoms with E-state index in [1.165, 1.54) is 12.1 Å². The highest BCUT2D eigenvalue weighted by Crippen LogP contribution is 2.22. The summed E-state index contributed by atoms with van der Waals surface area (Å²) in [7, 11) is 0. The molecule has 0 aromatic heterocycles. The van der Waals surface area contributed by atoms with E-state index < -0.39 is 5.43 Å². The largest absolute Gasteiger partial charge is 0.503 e. The van der Waals surface area contributed by atoms with Crippen LogP contribution >= 0.6 is 31.9 Å². The maximum Gasteiger partial charge on any atom is 0.235 e. The van der Waals surface area contributed by atoms with Crippen molar-refractivity contribution < 1.29 is 10.2 Å². The first kappa shape index (κ1) is 10.7. The summed E-state index contributed by atoms with van der Waals surface area (Å²) >= 11 is 6.02. The van der Waals surface area contributed by atoms with Crippen molar-refractivity contribution >= 4 is 31.9 Å². The van der Waals surface area contributed by atoms with E-state index >= 15 is 0 Å². The van der Waals surface area contributed by atoms with E-state index in [-0.39, 0.29) is 21.3 Å². The highest BCUT2D eigenvalue weighted by molar-refractivity contribution is 9.11. The standard InChI is InChI=1S/C8H6Br2O3/c9-5-1-4(3-11)2-6(10)8(13)7(5)12/h1-2,11H,3H2,(H,12,13). The lowest BCUT2D eigenvalue weighted by Gasteiger charge is -1.89. The average Bonchev–Trinajstić information content (AvgIpc) is 2.20. The molecule has 0 fully saturated rings. The maximum absolute atomic E-state index is 11.2. The number of aliphatic hydroxyl groups excluding tert-OH is 1. The van der Waals surface area contributed by atoms with Crippen molar-refractivity contribution in [2.24, 2.45) is 0 Å². The van der Waals surface area contributed by atoms with Crippen LogP contribution in [0.2, 0.25) is 0 Å². The molecule has 70 valence electrons. The summed E-state index contributed by atoms with van der Waals surface area (Å²) in [5, 5.41) is 18.2. The highest BCUT2D eigenvalue weighted by atomic mass is 79.9. The second-order valence-corrected chi connectivity index (χ2v) is 4.10. The van der Waals surface area contributed by atoms with Gasteiger partial charge in [0.05, 0.1) is 15.6 Å². The Bertz CT molecular complexity index is 390. The summed E-state index contributed by atoms with van der Waals surface area (Å²) in [6.45, 7) is -0.190. The Kier molecular flexibility index (Phi) is 3.47. The smallest absolute Gasteiger partial charge is 0.235 e. The summed E-state index contributed by atoms with van der Waals surface area (Å²) in [6.07, 6.45) is 0. The van der Waals surface area contributed by atoms with Gasteiger partial charge in [-0.05, 0) is 49.6 Å². The van der Waals surface area contributed by atoms with E-state index in [0.29, 0.717) is 5.56 Å². The predicted molar refractivity (Wildman–Crippen MR) is 55.7 cm³/mol. The second kappa shape index (κ2) is 4.21. The van der Waals surface area contributed by atoms with Crippen molar-refractivity contribution in [1.29, 1.82) is 0 Å². The highest BCUT2D eigenvalue weighted by Gasteiger charge is 2.06. The molecule has 0 heterocycles. The number of hydrogen-bond acceptors (Lipinski definition) is 3. The number of aromatic hydroxyl groups is 1. The first-order valence-electron chi connectivity index (χ1n) is 3.38. The van der Waals surface area contributed by atoms with Crippen molar-refractivity contribution in [3.63, 3.8) is 0 Å². The van der Waals surface area contributed by atoms with Gasteiger partial charge in [-0.25, -0.2) is 0 Å². The lowest BCUT2D eigenvalue weighted by Crippen LogP contribution is -1.96. The molecule has 0 unspecified atom stereocenters. The lowest BCUT2D eigenvalue weighted by molar-refractivity contribution is 0.282. The predicted octanol–water partition coefficient (Wildman–Crippen LogP) is 1.77. The Hall–Kier alpha value is -0.390. The van der Waals surface area contributed by atoms with Gasteiger partial charge >= 0.3 is 0 Å². The van der Waals surface area contributed by atoms with Crippen LogP contribution in [0.15, 0.2) is 25.9 Å². The van der Waals surface area contributed by atoms with E-state index in [9.17, 15) is 9.90 Å². The van der Waals surface area contributed by atoms with Crippen LogP contribution in [0.3, 0.4) is 0 Å². The number of aliphatic hydroxyl groups is 1. The maximum atomic E-state index is 11.2. The third kappa shape index (κ3) is 2.30. The molecule has 1 aromatic carbocycles. The van der Waals surface area contributed by atoms with E-state index in [2.05, 4.69) is 31.9 Å². The van der Waals surface area contributed by atoms with E-state index in [1.807, 2.05) is 0 Å². The third-order valence-electron chi connectivity index (χ3n) is 1.47. The molecule has 0 radical (unpaired) electrons. The van der Waals surface area contributed by atoms with Crippen LogP contribution in [0.25, 0.3) is 0 Å². The van der Waals surface area contributed by atoms with E-state index in [4.69, 9.17) is 5.11 Å². The minimum Gasteiger partial charge on any atom is -0.503 e. The fraction of sp³-hybridized carbons (Fsp3) is 0.125. The molecule has 0 aliphatic carbocycles. The molecule has 0 aliphatic heterocycles. The Balaban J connectivity index is 3.59. The quantitative estimate of drug-likeness (QED) is 0.831. The first-order valence-corrected chi connectivity index (χ1v) is 4.97. The van der Waals surface area contributed by atoms with Crippen LogP contribution in [0, 0.1) is 0 Å². The zero-order valence-electron chi connectivity index (χ0n) is 6.42. The Morgan fingerprint density at radius 1 is 1.23 bits per heavy atom. The third-order valence-corrected chi connectivity index (χ3v) is 2.66. The van der Waals surface area contributed by atoms with Crippen LogP contribution in [0.1, 0.15) is 5.56 Å². The molecule has 1 rings (SSSR count). The fourth-order valence-electron chi connectivity index (χ4n) is 0.814. The first-order chi connectivity index (χ1) is 6.06. The zero-order valence-corrected chi connectivity index (χ0v) is 9.59. The van der Waals surface area contributed by atoms with E-state index in [0.717, 1.165) is 0 Å². The summed E-state index contributed by atoms with van der Waals surface area (Å²) in [5.41, 5.74) is 0.0303. The van der Waals surface area contributed by atoms with E-state index in [1.54, 1.807) is 0 Å². The van der Waals surface area contributed by atoms with Crippen LogP contribution in [-0.4, -0.2) is 10.2 Å². The van der Waals surface area contributed by atoms with Gasteiger partial charge < -0.3 is 10.2 Å². The summed E-state index contributed by atoms with van der Waals surface area (Å²) in [5.74, 6) is -0.369. The molecule has 13 heavy (non-hydrogen) atoms. The lowest BCUT2D eigenvalue weighted by atomic mass is 10.3. The number of halogens is 2. The van der Waals surface area contributed by atoms with Gasteiger partial charge in [0.1, 0.15) is 0 Å². The number of hydrogen-bond donors (Lipinski definition) is 2. The average molecular weight is 310 g/mol. The van der Waals surface area contributed by atoms with Crippen molar-refractivity contribution in [2.45, 2.75) is 6.61 Å². The second-order valence-electron chi connectivity index (χ2n) is 2.40. The molecule has 0 aliphatic rings. The molecular weight excluding hydrogens is 304 g/mol. The topological polar surface area (TPSA) is 57.5 Å². The van der Waals surface area contributed by atoms with Crippen molar-refractivity contribution in [2.75, 3.05) is 0 Å². The molecule has 0 atom stereocenters. The zero-order chi connectivity index (χ0) is 10.0. The van der Waals surface area contributed by atoms with Gasteiger partial charge in [-0.2, -0.15) is 0 Å². The molecule has 5 heteroatoms. The summed E-state index contributed by atoms with van der Waals surface area (Å²) < 4.78 is 0.493. The van der Waals surface area contributed by atoms with Gasteiger partial charge in [0.2, 0.25) is 5.43 Å². The molecule has 0 spiro atoms. The molecular formula is C8H6Br2O3. The van der Waals surface area contributed by atoms with Gasteiger partial charge in [-0.1, -0.05) is 0 Å². The Morgan fingerprint density at radius 2 is 1.77 bits per heavy atom. The monoisotopic (exact) mass is 308 g/mol. The summed E-state index contributed by atoms with van der Waals surface area (Å²) in [4.78, 5) is 11.2. The van der Waals surface area contributed by atoms with Gasteiger partial charge in [-0.15, -0.1) is 0 Å². The molecule has 0 saturated heterocycles. The van der Waals surface area contributed by atoms with Gasteiger partial charge in [0.25, 0.3) is 0 Å². The molecule has 0 bridgehead atoms. The Morgan fingerprint density at radius 3 is 2.31 bits per heavy atom. The molecule has 0 saturated carbocycles. The normalized spacial score (nSPS) is 10.1. The van der Waals surface area contributed by atoms with Crippen molar-refractivity contribution in [1.82, 2.24) is 0 Å². The van der Waals surface area contributed by atoms with Crippen LogP contribution in [-0.2, 0) is 6.61 Å². The fourth-order valence-corrected chi connectivity index (χ4v) is 1.77. The van der Waals surface area contributed by atoms with Crippen molar-refractivity contribution in [3.8, 4) is 5.75 Å². The van der Waals surface area contributed by atoms with Crippen molar-refractivity contribution in [3.05, 3.63) is 36.9 Å². The molecule has 2 N–H and O–H groups in total. The van der Waals surface area contributed by atoms with Gasteiger partial charge in [0.15, 0.2) is 5.75 Å². The SMILES string of the molecule is O=c1c(Br)cc(CO)cc(Br)c1O. The van der Waals surface area contributed by atoms with Gasteiger partial charge in [-0.3, -0.25) is 4.79 Å².